The summed E-state index contributed by atoms with van der Waals surface area (Å²) in [5.41, 5.74) is 2.40. The number of thiocarbonyl (C=S) groups is 1. The molecule has 2 N–H and O–H groups in total. The number of carbonyl (C=O) groups is 1. The molecular weight excluding hydrogens is 355 g/mol. The number of alkyl halides is 3. The molecule has 0 aliphatic rings. The molecule has 138 valence electrons. The summed E-state index contributed by atoms with van der Waals surface area (Å²) in [6.45, 7) is 0.628. The molecule has 0 bridgehead atoms. The summed E-state index contributed by atoms with van der Waals surface area (Å²) in [4.78, 5) is 10.9. The van der Waals surface area contributed by atoms with Gasteiger partial charge in [-0.3, -0.25) is 10.2 Å². The van der Waals surface area contributed by atoms with Crippen LogP contribution in [0.1, 0.15) is 36.8 Å². The number of carbonyl (C=O) groups excluding carboxylic acids is 1. The van der Waals surface area contributed by atoms with Crippen LogP contribution < -0.4 is 10.7 Å². The van der Waals surface area contributed by atoms with E-state index in [9.17, 15) is 18.0 Å². The number of hydrogen-bond acceptors (Lipinski definition) is 4. The molecule has 0 saturated carbocycles. The zero-order valence-electron chi connectivity index (χ0n) is 13.7. The first kappa shape index (κ1) is 20.9. The number of nitrogens with zero attached hydrogens (tertiary/aromatic N) is 1. The summed E-state index contributed by atoms with van der Waals surface area (Å²) in [6.07, 6.45) is -0.126. The van der Waals surface area contributed by atoms with Gasteiger partial charge in [-0.15, -0.1) is 0 Å². The number of halogens is 3. The van der Waals surface area contributed by atoms with Crippen molar-refractivity contribution in [1.82, 2.24) is 10.7 Å². The van der Waals surface area contributed by atoms with E-state index in [0.717, 1.165) is 31.4 Å². The van der Waals surface area contributed by atoms with Crippen molar-refractivity contribution in [3.8, 4) is 0 Å². The summed E-state index contributed by atoms with van der Waals surface area (Å²) < 4.78 is 41.9. The quantitative estimate of drug-likeness (QED) is 0.240. The van der Waals surface area contributed by atoms with Crippen molar-refractivity contribution in [2.45, 2.75) is 31.9 Å². The van der Waals surface area contributed by atoms with Gasteiger partial charge in [0.15, 0.2) is 5.11 Å². The van der Waals surface area contributed by atoms with Crippen LogP contribution >= 0.6 is 12.2 Å². The van der Waals surface area contributed by atoms with Crippen molar-refractivity contribution in [2.75, 3.05) is 13.7 Å². The van der Waals surface area contributed by atoms with Crippen LogP contribution in [0.25, 0.3) is 0 Å². The van der Waals surface area contributed by atoms with Gasteiger partial charge in [-0.1, -0.05) is 18.6 Å². The topological polar surface area (TPSA) is 62.7 Å². The molecule has 0 spiro atoms. The highest BCUT2D eigenvalue weighted by atomic mass is 32.1. The fourth-order valence-corrected chi connectivity index (χ4v) is 1.99. The Bertz CT molecular complexity index is 589. The molecule has 1 rings (SSSR count). The molecule has 0 unspecified atom stereocenters. The number of esters is 1. The summed E-state index contributed by atoms with van der Waals surface area (Å²) in [5.74, 6) is -0.220. The number of unbranched alkanes of at least 4 members (excludes halogenated alkanes) is 2. The molecule has 9 heteroatoms. The largest absolute Gasteiger partial charge is 0.469 e. The minimum atomic E-state index is -4.35. The van der Waals surface area contributed by atoms with Gasteiger partial charge in [0.2, 0.25) is 0 Å². The van der Waals surface area contributed by atoms with Crippen LogP contribution in [0.3, 0.4) is 0 Å². The van der Waals surface area contributed by atoms with Gasteiger partial charge < -0.3 is 10.1 Å². The Balaban J connectivity index is 2.21. The van der Waals surface area contributed by atoms with Crippen molar-refractivity contribution in [3.05, 3.63) is 35.4 Å². The number of hydrogen-bond donors (Lipinski definition) is 2. The van der Waals surface area contributed by atoms with Crippen LogP contribution in [0.4, 0.5) is 13.2 Å². The first-order chi connectivity index (χ1) is 11.8. The number of ether oxygens (including phenoxy) is 1. The van der Waals surface area contributed by atoms with E-state index in [1.54, 1.807) is 0 Å². The second-order valence-corrected chi connectivity index (χ2v) is 5.54. The van der Waals surface area contributed by atoms with Crippen molar-refractivity contribution >= 4 is 29.5 Å². The predicted molar refractivity (Wildman–Crippen MR) is 93.3 cm³/mol. The number of methoxy groups -OCH3 is 1. The molecule has 0 saturated heterocycles. The van der Waals surface area contributed by atoms with Crippen LogP contribution in [0.2, 0.25) is 0 Å². The lowest BCUT2D eigenvalue weighted by Crippen LogP contribution is -2.32. The molecule has 0 radical (unpaired) electrons. The third-order valence-electron chi connectivity index (χ3n) is 3.19. The molecule has 0 amide bonds. The van der Waals surface area contributed by atoms with E-state index in [4.69, 9.17) is 12.2 Å². The van der Waals surface area contributed by atoms with Crippen molar-refractivity contribution in [2.24, 2.45) is 5.10 Å². The number of nitrogens with one attached hydrogen (secondary N) is 2. The Hall–Kier alpha value is -2.16. The minimum Gasteiger partial charge on any atom is -0.469 e. The predicted octanol–water partition coefficient (Wildman–Crippen LogP) is 3.24. The smallest absolute Gasteiger partial charge is 0.416 e. The van der Waals surface area contributed by atoms with Gasteiger partial charge in [0.25, 0.3) is 0 Å². The normalized spacial score (nSPS) is 11.4. The highest BCUT2D eigenvalue weighted by molar-refractivity contribution is 7.80. The van der Waals surface area contributed by atoms with E-state index in [0.29, 0.717) is 23.6 Å². The summed E-state index contributed by atoms with van der Waals surface area (Å²) in [7, 11) is 1.36. The van der Waals surface area contributed by atoms with Gasteiger partial charge >= 0.3 is 12.1 Å². The van der Waals surface area contributed by atoms with Gasteiger partial charge in [-0.25, -0.2) is 0 Å². The molecule has 0 aliphatic heterocycles. The van der Waals surface area contributed by atoms with Gasteiger partial charge in [0.1, 0.15) is 0 Å². The van der Waals surface area contributed by atoms with E-state index in [1.165, 1.54) is 25.5 Å². The molecule has 0 fully saturated rings. The monoisotopic (exact) mass is 375 g/mol. The zero-order chi connectivity index (χ0) is 18.7. The standard InChI is InChI=1S/C16H20F3N3O2S/c1-24-14(23)5-3-2-4-10-20-15(25)22-21-11-12-6-8-13(9-7-12)16(17,18)19/h6-9,11H,2-5,10H2,1H3,(H2,20,22,25)/b21-11-. The van der Waals surface area contributed by atoms with Crippen LogP contribution in [0, 0.1) is 0 Å². The Morgan fingerprint density at radius 2 is 1.92 bits per heavy atom. The van der Waals surface area contributed by atoms with Gasteiger partial charge in [0, 0.05) is 13.0 Å². The zero-order valence-corrected chi connectivity index (χ0v) is 14.5. The summed E-state index contributed by atoms with van der Waals surface area (Å²) in [6, 6.07) is 4.63. The van der Waals surface area contributed by atoms with E-state index in [-0.39, 0.29) is 5.97 Å². The van der Waals surface area contributed by atoms with Crippen LogP contribution in [0.15, 0.2) is 29.4 Å². The molecule has 0 atom stereocenters. The number of rotatable bonds is 8. The Morgan fingerprint density at radius 3 is 2.52 bits per heavy atom. The van der Waals surface area contributed by atoms with E-state index in [2.05, 4.69) is 20.6 Å². The third-order valence-corrected chi connectivity index (χ3v) is 3.42. The Labute approximate surface area is 149 Å². The van der Waals surface area contributed by atoms with Crippen LogP contribution in [-0.2, 0) is 15.7 Å². The highest BCUT2D eigenvalue weighted by Gasteiger charge is 2.29. The fourth-order valence-electron chi connectivity index (χ4n) is 1.84. The molecule has 0 aromatic heterocycles. The van der Waals surface area contributed by atoms with E-state index < -0.39 is 11.7 Å². The highest BCUT2D eigenvalue weighted by Crippen LogP contribution is 2.28. The fraction of sp³-hybridized carbons (Fsp3) is 0.438. The maximum absolute atomic E-state index is 12.4. The van der Waals surface area contributed by atoms with Crippen molar-refractivity contribution in [3.63, 3.8) is 0 Å². The first-order valence-corrected chi connectivity index (χ1v) is 8.04. The minimum absolute atomic E-state index is 0.220. The van der Waals surface area contributed by atoms with Crippen LogP contribution in [-0.4, -0.2) is 31.0 Å². The Morgan fingerprint density at radius 1 is 1.24 bits per heavy atom. The average molecular weight is 375 g/mol. The molecule has 1 aromatic rings. The molecule has 0 heterocycles. The SMILES string of the molecule is COC(=O)CCCCCNC(=S)N/N=C\c1ccc(C(F)(F)F)cc1. The van der Waals surface area contributed by atoms with E-state index >= 15 is 0 Å². The maximum Gasteiger partial charge on any atom is 0.416 e. The molecule has 25 heavy (non-hydrogen) atoms. The van der Waals surface area contributed by atoms with Gasteiger partial charge in [-0.2, -0.15) is 18.3 Å². The van der Waals surface area contributed by atoms with Gasteiger partial charge in [-0.05, 0) is 42.8 Å². The second kappa shape index (κ2) is 10.7. The number of benzene rings is 1. The number of hydrazone groups is 1. The van der Waals surface area contributed by atoms with Crippen molar-refractivity contribution < 1.29 is 22.7 Å². The lowest BCUT2D eigenvalue weighted by molar-refractivity contribution is -0.140. The first-order valence-electron chi connectivity index (χ1n) is 7.64. The Kier molecular flexibility index (Phi) is 8.90. The summed E-state index contributed by atoms with van der Waals surface area (Å²) >= 11 is 5.02. The lowest BCUT2D eigenvalue weighted by Gasteiger charge is -2.07. The molecule has 0 aliphatic carbocycles. The molecule has 1 aromatic carbocycles. The lowest BCUT2D eigenvalue weighted by atomic mass is 10.1. The van der Waals surface area contributed by atoms with Crippen molar-refractivity contribution in [1.29, 1.82) is 0 Å². The third kappa shape index (κ3) is 9.04. The van der Waals surface area contributed by atoms with Crippen LogP contribution in [0.5, 0.6) is 0 Å². The van der Waals surface area contributed by atoms with E-state index in [1.807, 2.05) is 0 Å². The maximum atomic E-state index is 12.4. The second-order valence-electron chi connectivity index (χ2n) is 5.13. The summed E-state index contributed by atoms with van der Waals surface area (Å²) in [5, 5.41) is 7.12. The molecule has 5 nitrogen and oxygen atoms in total. The molecular formula is C16H20F3N3O2S. The van der Waals surface area contributed by atoms with Gasteiger partial charge in [0.05, 0.1) is 18.9 Å². The average Bonchev–Trinajstić information content (AvgIpc) is 2.57.